The van der Waals surface area contributed by atoms with Crippen molar-refractivity contribution in [3.8, 4) is 5.75 Å². The molecule has 0 aliphatic rings. The van der Waals surface area contributed by atoms with Gasteiger partial charge in [-0.05, 0) is 25.8 Å². The molecule has 1 rings (SSSR count). The third-order valence-corrected chi connectivity index (χ3v) is 2.14. The van der Waals surface area contributed by atoms with Gasteiger partial charge >= 0.3 is 0 Å². The normalized spacial score (nSPS) is 12.6. The molecular weight excluding hydrogens is 176 g/mol. The Hall–Kier alpha value is -1.02. The second kappa shape index (κ2) is 5.01. The average molecular weight is 194 g/mol. The number of hydrogen-bond donors (Lipinski definition) is 1. The number of aryl methyl sites for hydroxylation is 1. The van der Waals surface area contributed by atoms with Gasteiger partial charge in [0.05, 0.1) is 12.7 Å². The van der Waals surface area contributed by atoms with Crippen LogP contribution in [0.25, 0.3) is 0 Å². The van der Waals surface area contributed by atoms with E-state index in [1.807, 2.05) is 25.1 Å². The van der Waals surface area contributed by atoms with E-state index in [0.717, 1.165) is 23.3 Å². The predicted molar refractivity (Wildman–Crippen MR) is 57.6 cm³/mol. The Balaban J connectivity index is 2.96. The Morgan fingerprint density at radius 1 is 1.43 bits per heavy atom. The predicted octanol–water partition coefficient (Wildman–Crippen LogP) is 2.84. The van der Waals surface area contributed by atoms with E-state index in [9.17, 15) is 5.11 Å². The number of aliphatic hydroxyl groups is 1. The van der Waals surface area contributed by atoms with Crippen molar-refractivity contribution >= 4 is 0 Å². The van der Waals surface area contributed by atoms with E-state index in [1.54, 1.807) is 6.92 Å². The highest BCUT2D eigenvalue weighted by Gasteiger charge is 2.10. The summed E-state index contributed by atoms with van der Waals surface area (Å²) in [6.07, 6.45) is 0.509. The van der Waals surface area contributed by atoms with E-state index in [1.165, 1.54) is 0 Å². The number of para-hydroxylation sites is 1. The number of benzene rings is 1. The first-order chi connectivity index (χ1) is 6.66. The summed E-state index contributed by atoms with van der Waals surface area (Å²) in [6, 6.07) is 5.84. The minimum Gasteiger partial charge on any atom is -0.493 e. The molecule has 0 heterocycles. The third kappa shape index (κ3) is 2.48. The SMILES string of the molecule is CCCOc1c(C)cccc1C(C)O. The maximum absolute atomic E-state index is 9.55. The van der Waals surface area contributed by atoms with Crippen molar-refractivity contribution in [1.82, 2.24) is 0 Å². The van der Waals surface area contributed by atoms with Crippen molar-refractivity contribution in [2.75, 3.05) is 6.61 Å². The third-order valence-electron chi connectivity index (χ3n) is 2.14. The molecular formula is C12H18O2. The van der Waals surface area contributed by atoms with E-state index in [2.05, 4.69) is 6.92 Å². The van der Waals surface area contributed by atoms with Gasteiger partial charge in [-0.3, -0.25) is 0 Å². The highest BCUT2D eigenvalue weighted by Crippen LogP contribution is 2.28. The lowest BCUT2D eigenvalue weighted by molar-refractivity contribution is 0.191. The average Bonchev–Trinajstić information content (AvgIpc) is 2.15. The lowest BCUT2D eigenvalue weighted by atomic mass is 10.1. The minimum absolute atomic E-state index is 0.471. The van der Waals surface area contributed by atoms with Crippen LogP contribution in [0.4, 0.5) is 0 Å². The zero-order chi connectivity index (χ0) is 10.6. The molecule has 0 spiro atoms. The smallest absolute Gasteiger partial charge is 0.127 e. The molecule has 0 saturated heterocycles. The first kappa shape index (κ1) is 11.1. The fraction of sp³-hybridized carbons (Fsp3) is 0.500. The van der Waals surface area contributed by atoms with Crippen molar-refractivity contribution in [2.45, 2.75) is 33.3 Å². The zero-order valence-corrected chi connectivity index (χ0v) is 9.08. The van der Waals surface area contributed by atoms with Crippen molar-refractivity contribution in [2.24, 2.45) is 0 Å². The lowest BCUT2D eigenvalue weighted by Gasteiger charge is -2.15. The Morgan fingerprint density at radius 2 is 2.14 bits per heavy atom. The van der Waals surface area contributed by atoms with Crippen LogP contribution in [0.2, 0.25) is 0 Å². The Bertz CT molecular complexity index is 292. The lowest BCUT2D eigenvalue weighted by Crippen LogP contribution is -2.03. The first-order valence-corrected chi connectivity index (χ1v) is 5.07. The first-order valence-electron chi connectivity index (χ1n) is 5.07. The van der Waals surface area contributed by atoms with Crippen LogP contribution in [-0.4, -0.2) is 11.7 Å². The molecule has 0 bridgehead atoms. The van der Waals surface area contributed by atoms with Gasteiger partial charge in [0, 0.05) is 5.56 Å². The van der Waals surface area contributed by atoms with Gasteiger partial charge in [0.2, 0.25) is 0 Å². The second-order valence-corrected chi connectivity index (χ2v) is 3.52. The van der Waals surface area contributed by atoms with Gasteiger partial charge in [-0.2, -0.15) is 0 Å². The zero-order valence-electron chi connectivity index (χ0n) is 9.08. The summed E-state index contributed by atoms with van der Waals surface area (Å²) in [4.78, 5) is 0. The molecule has 0 aliphatic heterocycles. The minimum atomic E-state index is -0.471. The van der Waals surface area contributed by atoms with Crippen LogP contribution in [0, 0.1) is 6.92 Å². The van der Waals surface area contributed by atoms with Crippen molar-refractivity contribution in [3.05, 3.63) is 29.3 Å². The summed E-state index contributed by atoms with van der Waals surface area (Å²) in [7, 11) is 0. The summed E-state index contributed by atoms with van der Waals surface area (Å²) < 4.78 is 5.62. The summed E-state index contributed by atoms with van der Waals surface area (Å²) in [5, 5.41) is 9.55. The number of ether oxygens (including phenoxy) is 1. The van der Waals surface area contributed by atoms with Crippen LogP contribution < -0.4 is 4.74 Å². The molecule has 14 heavy (non-hydrogen) atoms. The maximum atomic E-state index is 9.55. The Morgan fingerprint density at radius 3 is 2.71 bits per heavy atom. The second-order valence-electron chi connectivity index (χ2n) is 3.52. The van der Waals surface area contributed by atoms with E-state index >= 15 is 0 Å². The van der Waals surface area contributed by atoms with Gasteiger partial charge in [0.15, 0.2) is 0 Å². The van der Waals surface area contributed by atoms with Crippen molar-refractivity contribution in [3.63, 3.8) is 0 Å². The fourth-order valence-electron chi connectivity index (χ4n) is 1.41. The standard InChI is InChI=1S/C12H18O2/c1-4-8-14-12-9(2)6-5-7-11(12)10(3)13/h5-7,10,13H,4,8H2,1-3H3. The molecule has 0 radical (unpaired) electrons. The Kier molecular flexibility index (Phi) is 3.96. The van der Waals surface area contributed by atoms with Gasteiger partial charge in [-0.25, -0.2) is 0 Å². The molecule has 1 atom stereocenters. The van der Waals surface area contributed by atoms with Crippen LogP contribution in [0.1, 0.15) is 37.5 Å². The van der Waals surface area contributed by atoms with Crippen molar-refractivity contribution in [1.29, 1.82) is 0 Å². The highest BCUT2D eigenvalue weighted by atomic mass is 16.5. The summed E-state index contributed by atoms with van der Waals surface area (Å²) in [5.74, 6) is 0.837. The summed E-state index contributed by atoms with van der Waals surface area (Å²) in [5.41, 5.74) is 1.95. The molecule has 0 aromatic heterocycles. The Labute approximate surface area is 85.5 Å². The molecule has 1 aromatic rings. The van der Waals surface area contributed by atoms with Crippen molar-refractivity contribution < 1.29 is 9.84 Å². The van der Waals surface area contributed by atoms with Crippen LogP contribution in [-0.2, 0) is 0 Å². The molecule has 0 aliphatic carbocycles. The molecule has 0 saturated carbocycles. The quantitative estimate of drug-likeness (QED) is 0.798. The molecule has 1 unspecified atom stereocenters. The maximum Gasteiger partial charge on any atom is 0.127 e. The van der Waals surface area contributed by atoms with Crippen LogP contribution in [0.5, 0.6) is 5.75 Å². The van der Waals surface area contributed by atoms with Crippen LogP contribution in [0.3, 0.4) is 0 Å². The number of rotatable bonds is 4. The molecule has 1 aromatic carbocycles. The molecule has 1 N–H and O–H groups in total. The highest BCUT2D eigenvalue weighted by molar-refractivity contribution is 5.41. The van der Waals surface area contributed by atoms with E-state index in [-0.39, 0.29) is 0 Å². The van der Waals surface area contributed by atoms with Gasteiger partial charge in [0.25, 0.3) is 0 Å². The fourth-order valence-corrected chi connectivity index (χ4v) is 1.41. The molecule has 2 nitrogen and oxygen atoms in total. The topological polar surface area (TPSA) is 29.5 Å². The van der Waals surface area contributed by atoms with E-state index < -0.39 is 6.10 Å². The molecule has 78 valence electrons. The number of hydrogen-bond acceptors (Lipinski definition) is 2. The van der Waals surface area contributed by atoms with E-state index in [0.29, 0.717) is 6.61 Å². The van der Waals surface area contributed by atoms with Gasteiger partial charge < -0.3 is 9.84 Å². The summed E-state index contributed by atoms with van der Waals surface area (Å²) >= 11 is 0. The molecule has 2 heteroatoms. The monoisotopic (exact) mass is 194 g/mol. The number of aliphatic hydroxyl groups excluding tert-OH is 1. The van der Waals surface area contributed by atoms with Crippen LogP contribution >= 0.6 is 0 Å². The van der Waals surface area contributed by atoms with E-state index in [4.69, 9.17) is 4.74 Å². The van der Waals surface area contributed by atoms with Crippen LogP contribution in [0.15, 0.2) is 18.2 Å². The summed E-state index contributed by atoms with van der Waals surface area (Å²) in [6.45, 7) is 6.52. The van der Waals surface area contributed by atoms with Gasteiger partial charge in [0.1, 0.15) is 5.75 Å². The largest absolute Gasteiger partial charge is 0.493 e. The molecule has 0 amide bonds. The van der Waals surface area contributed by atoms with Gasteiger partial charge in [-0.15, -0.1) is 0 Å². The molecule has 0 fully saturated rings. The van der Waals surface area contributed by atoms with Gasteiger partial charge in [-0.1, -0.05) is 25.1 Å².